The van der Waals surface area contributed by atoms with Crippen LogP contribution in [0.15, 0.2) is 42.5 Å². The van der Waals surface area contributed by atoms with Crippen LogP contribution in [0.5, 0.6) is 17.2 Å². The molecule has 29 heavy (non-hydrogen) atoms. The molecular formula is C24H29NO4. The first-order chi connectivity index (χ1) is 14.1. The van der Waals surface area contributed by atoms with E-state index >= 15 is 0 Å². The van der Waals surface area contributed by atoms with E-state index in [0.717, 1.165) is 55.5 Å². The lowest BCUT2D eigenvalue weighted by molar-refractivity contribution is -0.145. The fourth-order valence-corrected chi connectivity index (χ4v) is 4.84. The second-order valence-corrected chi connectivity index (χ2v) is 7.94. The molecular weight excluding hydrogens is 366 g/mol. The normalized spacial score (nSPS) is 20.1. The number of likely N-dealkylation sites (tertiary alicyclic amines) is 1. The van der Waals surface area contributed by atoms with Crippen molar-refractivity contribution in [1.29, 1.82) is 0 Å². The number of carbonyl (C=O) groups is 1. The van der Waals surface area contributed by atoms with Gasteiger partial charge in [0.2, 0.25) is 5.91 Å². The quantitative estimate of drug-likeness (QED) is 0.723. The van der Waals surface area contributed by atoms with Gasteiger partial charge in [-0.1, -0.05) is 31.0 Å². The van der Waals surface area contributed by atoms with Gasteiger partial charge in [0.1, 0.15) is 5.75 Å². The van der Waals surface area contributed by atoms with Crippen molar-refractivity contribution in [3.8, 4) is 17.2 Å². The van der Waals surface area contributed by atoms with Crippen molar-refractivity contribution in [1.82, 2.24) is 4.90 Å². The highest BCUT2D eigenvalue weighted by Gasteiger charge is 2.49. The summed E-state index contributed by atoms with van der Waals surface area (Å²) < 4.78 is 16.3. The third kappa shape index (κ3) is 3.33. The summed E-state index contributed by atoms with van der Waals surface area (Å²) >= 11 is 0. The molecule has 2 fully saturated rings. The molecule has 0 unspecified atom stereocenters. The van der Waals surface area contributed by atoms with E-state index in [9.17, 15) is 4.79 Å². The van der Waals surface area contributed by atoms with Gasteiger partial charge in [-0.15, -0.1) is 0 Å². The number of methoxy groups -OCH3 is 3. The first kappa shape index (κ1) is 19.6. The van der Waals surface area contributed by atoms with E-state index in [1.165, 1.54) is 0 Å². The molecule has 1 aliphatic carbocycles. The summed E-state index contributed by atoms with van der Waals surface area (Å²) in [6.07, 6.45) is 4.88. The lowest BCUT2D eigenvalue weighted by Gasteiger charge is -2.46. The lowest BCUT2D eigenvalue weighted by atomic mass is 9.75. The first-order valence-corrected chi connectivity index (χ1v) is 10.3. The highest BCUT2D eigenvalue weighted by Crippen LogP contribution is 2.48. The lowest BCUT2D eigenvalue weighted by Crippen LogP contribution is -2.53. The Hall–Kier alpha value is -2.69. The van der Waals surface area contributed by atoms with E-state index in [4.69, 9.17) is 14.2 Å². The number of carbonyl (C=O) groups excluding carboxylic acids is 1. The van der Waals surface area contributed by atoms with Crippen LogP contribution in [-0.2, 0) is 10.2 Å². The third-order valence-corrected chi connectivity index (χ3v) is 6.56. The van der Waals surface area contributed by atoms with Gasteiger partial charge in [-0.2, -0.15) is 0 Å². The van der Waals surface area contributed by atoms with Crippen molar-refractivity contribution < 1.29 is 19.0 Å². The molecule has 1 saturated heterocycles. The number of amides is 1. The van der Waals surface area contributed by atoms with E-state index in [0.29, 0.717) is 11.5 Å². The maximum atomic E-state index is 13.9. The van der Waals surface area contributed by atoms with E-state index < -0.39 is 5.41 Å². The molecule has 1 heterocycles. The molecule has 1 atom stereocenters. The standard InChI is InChI=1S/C24H29NO4/c1-27-19-8-6-7-17(15-19)20-11-14-25(20)23(26)24(12-4-5-13-24)18-9-10-21(28-2)22(16-18)29-3/h6-10,15-16,20H,4-5,11-14H2,1-3H3/t20-/m0/s1. The number of nitrogens with zero attached hydrogens (tertiary/aromatic N) is 1. The zero-order valence-corrected chi connectivity index (χ0v) is 17.4. The Morgan fingerprint density at radius 2 is 1.72 bits per heavy atom. The molecule has 2 aliphatic rings. The Kier molecular flexibility index (Phi) is 5.39. The van der Waals surface area contributed by atoms with Gasteiger partial charge >= 0.3 is 0 Å². The molecule has 2 aromatic carbocycles. The van der Waals surface area contributed by atoms with Gasteiger partial charge < -0.3 is 19.1 Å². The highest BCUT2D eigenvalue weighted by molar-refractivity contribution is 5.90. The Labute approximate surface area is 172 Å². The molecule has 5 nitrogen and oxygen atoms in total. The largest absolute Gasteiger partial charge is 0.497 e. The molecule has 154 valence electrons. The minimum absolute atomic E-state index is 0.121. The van der Waals surface area contributed by atoms with Crippen LogP contribution in [0.3, 0.4) is 0 Å². The summed E-state index contributed by atoms with van der Waals surface area (Å²) in [5.41, 5.74) is 1.70. The smallest absolute Gasteiger partial charge is 0.233 e. The fraction of sp³-hybridized carbons (Fsp3) is 0.458. The predicted molar refractivity (Wildman–Crippen MR) is 112 cm³/mol. The first-order valence-electron chi connectivity index (χ1n) is 10.3. The van der Waals surface area contributed by atoms with Crippen molar-refractivity contribution in [2.45, 2.75) is 43.6 Å². The van der Waals surface area contributed by atoms with E-state index in [2.05, 4.69) is 11.0 Å². The maximum absolute atomic E-state index is 13.9. The summed E-state index contributed by atoms with van der Waals surface area (Å²) in [7, 11) is 4.94. The monoisotopic (exact) mass is 395 g/mol. The summed E-state index contributed by atoms with van der Waals surface area (Å²) in [5.74, 6) is 2.44. The number of hydrogen-bond acceptors (Lipinski definition) is 4. The van der Waals surface area contributed by atoms with Gasteiger partial charge in [-0.25, -0.2) is 0 Å². The Morgan fingerprint density at radius 1 is 0.966 bits per heavy atom. The number of ether oxygens (including phenoxy) is 3. The van der Waals surface area contributed by atoms with Gasteiger partial charge in [0, 0.05) is 6.54 Å². The zero-order valence-electron chi connectivity index (χ0n) is 17.4. The summed E-state index contributed by atoms with van der Waals surface area (Å²) in [5, 5.41) is 0. The summed E-state index contributed by atoms with van der Waals surface area (Å²) in [6.45, 7) is 0.801. The maximum Gasteiger partial charge on any atom is 0.233 e. The molecule has 0 bridgehead atoms. The van der Waals surface area contributed by atoms with E-state index in [-0.39, 0.29) is 11.9 Å². The highest BCUT2D eigenvalue weighted by atomic mass is 16.5. The van der Waals surface area contributed by atoms with Crippen molar-refractivity contribution in [3.05, 3.63) is 53.6 Å². The second kappa shape index (κ2) is 7.97. The van der Waals surface area contributed by atoms with Crippen LogP contribution < -0.4 is 14.2 Å². The zero-order chi connectivity index (χ0) is 20.4. The molecule has 0 N–H and O–H groups in total. The minimum atomic E-state index is -0.475. The van der Waals surface area contributed by atoms with E-state index in [1.54, 1.807) is 21.3 Å². The topological polar surface area (TPSA) is 48.0 Å². The van der Waals surface area contributed by atoms with Crippen LogP contribution in [0.1, 0.15) is 49.3 Å². The van der Waals surface area contributed by atoms with E-state index in [1.807, 2.05) is 36.4 Å². The second-order valence-electron chi connectivity index (χ2n) is 7.94. The van der Waals surface area contributed by atoms with Gasteiger partial charge in [0.05, 0.1) is 32.8 Å². The Morgan fingerprint density at radius 3 is 2.34 bits per heavy atom. The third-order valence-electron chi connectivity index (χ3n) is 6.56. The van der Waals surface area contributed by atoms with Crippen molar-refractivity contribution in [2.24, 2.45) is 0 Å². The van der Waals surface area contributed by atoms with Gasteiger partial charge in [-0.05, 0) is 54.7 Å². The summed E-state index contributed by atoms with van der Waals surface area (Å²) in [6, 6.07) is 14.1. The van der Waals surface area contributed by atoms with Gasteiger partial charge in [0.15, 0.2) is 11.5 Å². The number of rotatable bonds is 6. The Bertz CT molecular complexity index is 888. The van der Waals surface area contributed by atoms with Crippen LogP contribution in [0, 0.1) is 0 Å². The van der Waals surface area contributed by atoms with Crippen LogP contribution in [0.4, 0.5) is 0 Å². The molecule has 0 aromatic heterocycles. The van der Waals surface area contributed by atoms with Gasteiger partial charge in [-0.3, -0.25) is 4.79 Å². The predicted octanol–water partition coefficient (Wildman–Crippen LogP) is 4.50. The van der Waals surface area contributed by atoms with Crippen LogP contribution in [0.25, 0.3) is 0 Å². The average molecular weight is 395 g/mol. The SMILES string of the molecule is COc1cccc([C@@H]2CCN2C(=O)C2(c3ccc(OC)c(OC)c3)CCCC2)c1. The molecule has 0 radical (unpaired) electrons. The molecule has 4 rings (SSSR count). The molecule has 0 spiro atoms. The minimum Gasteiger partial charge on any atom is -0.497 e. The molecule has 1 aliphatic heterocycles. The van der Waals surface area contributed by atoms with Crippen LogP contribution in [0.2, 0.25) is 0 Å². The number of hydrogen-bond donors (Lipinski definition) is 0. The number of benzene rings is 2. The molecule has 1 saturated carbocycles. The van der Waals surface area contributed by atoms with Crippen molar-refractivity contribution in [2.75, 3.05) is 27.9 Å². The Balaban J connectivity index is 1.66. The van der Waals surface area contributed by atoms with Crippen LogP contribution in [-0.4, -0.2) is 38.7 Å². The van der Waals surface area contributed by atoms with Crippen molar-refractivity contribution in [3.63, 3.8) is 0 Å². The fourth-order valence-electron chi connectivity index (χ4n) is 4.84. The molecule has 5 heteroatoms. The van der Waals surface area contributed by atoms with Crippen molar-refractivity contribution >= 4 is 5.91 Å². The summed E-state index contributed by atoms with van der Waals surface area (Å²) in [4.78, 5) is 15.9. The molecule has 1 amide bonds. The average Bonchev–Trinajstić information content (AvgIpc) is 3.23. The van der Waals surface area contributed by atoms with Gasteiger partial charge in [0.25, 0.3) is 0 Å². The van der Waals surface area contributed by atoms with Crippen LogP contribution >= 0.6 is 0 Å². The molecule has 2 aromatic rings.